The van der Waals surface area contributed by atoms with Gasteiger partial charge in [-0.15, -0.1) is 13.2 Å². The minimum atomic E-state index is -4.81. The third-order valence-electron chi connectivity index (χ3n) is 4.75. The number of carbonyl (C=O) groups is 1. The van der Waals surface area contributed by atoms with Crippen molar-refractivity contribution in [1.82, 2.24) is 20.1 Å². The molecule has 1 amide bonds. The molecular formula is C23H17F3N4O3. The number of halogens is 3. The summed E-state index contributed by atoms with van der Waals surface area (Å²) in [6.07, 6.45) is -3.19. The molecule has 0 aliphatic carbocycles. The molecule has 0 fully saturated rings. The van der Waals surface area contributed by atoms with Crippen molar-refractivity contribution in [3.63, 3.8) is 0 Å². The summed E-state index contributed by atoms with van der Waals surface area (Å²) < 4.78 is 42.0. The fourth-order valence-electron chi connectivity index (χ4n) is 3.26. The summed E-state index contributed by atoms with van der Waals surface area (Å²) in [5, 5.41) is 8.15. The molecule has 0 atom stereocenters. The predicted octanol–water partition coefficient (Wildman–Crippen LogP) is 3.67. The van der Waals surface area contributed by atoms with E-state index in [-0.39, 0.29) is 24.2 Å². The Morgan fingerprint density at radius 2 is 1.67 bits per heavy atom. The Labute approximate surface area is 185 Å². The quantitative estimate of drug-likeness (QED) is 0.481. The Morgan fingerprint density at radius 1 is 0.970 bits per heavy atom. The van der Waals surface area contributed by atoms with Crippen molar-refractivity contribution < 1.29 is 22.7 Å². The van der Waals surface area contributed by atoms with Crippen molar-refractivity contribution in [2.45, 2.75) is 19.5 Å². The first-order valence-electron chi connectivity index (χ1n) is 9.83. The molecule has 4 aromatic rings. The lowest BCUT2D eigenvalue weighted by molar-refractivity contribution is -0.274. The molecule has 1 N–H and O–H groups in total. The lowest BCUT2D eigenvalue weighted by Crippen LogP contribution is -2.29. The second-order valence-corrected chi connectivity index (χ2v) is 7.03. The van der Waals surface area contributed by atoms with Gasteiger partial charge in [-0.3, -0.25) is 14.6 Å². The van der Waals surface area contributed by atoms with Crippen molar-refractivity contribution in [3.8, 4) is 5.75 Å². The molecular weight excluding hydrogens is 437 g/mol. The maximum Gasteiger partial charge on any atom is 0.573 e. The number of nitrogens with zero attached hydrogens (tertiary/aromatic N) is 3. The van der Waals surface area contributed by atoms with Gasteiger partial charge in [0.15, 0.2) is 0 Å². The summed E-state index contributed by atoms with van der Waals surface area (Å²) in [5.41, 5.74) is 0.979. The molecule has 0 bridgehead atoms. The summed E-state index contributed by atoms with van der Waals surface area (Å²) in [4.78, 5) is 29.6. The molecule has 0 saturated heterocycles. The molecule has 168 valence electrons. The zero-order valence-corrected chi connectivity index (χ0v) is 17.0. The van der Waals surface area contributed by atoms with Crippen molar-refractivity contribution in [2.24, 2.45) is 0 Å². The molecule has 0 spiro atoms. The van der Waals surface area contributed by atoms with Gasteiger partial charge in [-0.05, 0) is 42.5 Å². The van der Waals surface area contributed by atoms with E-state index in [9.17, 15) is 22.8 Å². The maximum atomic E-state index is 12.9. The van der Waals surface area contributed by atoms with E-state index in [1.165, 1.54) is 16.8 Å². The average molecular weight is 454 g/mol. The van der Waals surface area contributed by atoms with Crippen LogP contribution in [-0.4, -0.2) is 27.0 Å². The zero-order valence-electron chi connectivity index (χ0n) is 17.0. The minimum Gasteiger partial charge on any atom is -0.406 e. The van der Waals surface area contributed by atoms with Gasteiger partial charge in [0.1, 0.15) is 5.75 Å². The van der Waals surface area contributed by atoms with Crippen LogP contribution in [0.2, 0.25) is 0 Å². The van der Waals surface area contributed by atoms with Crippen LogP contribution in [0.25, 0.3) is 10.8 Å². The van der Waals surface area contributed by atoms with Crippen LogP contribution in [0.1, 0.15) is 21.7 Å². The number of rotatable bonds is 6. The van der Waals surface area contributed by atoms with Crippen LogP contribution in [0, 0.1) is 0 Å². The van der Waals surface area contributed by atoms with E-state index in [4.69, 9.17) is 0 Å². The highest BCUT2D eigenvalue weighted by atomic mass is 19.4. The number of ether oxygens (including phenoxy) is 1. The number of carbonyl (C=O) groups excluding carboxylic acids is 1. The van der Waals surface area contributed by atoms with Crippen LogP contribution in [0.3, 0.4) is 0 Å². The van der Waals surface area contributed by atoms with Gasteiger partial charge in [-0.25, -0.2) is 4.68 Å². The standard InChI is InChI=1S/C23H17F3N4O3/c24-23(25,26)33-17-10-8-15(9-11-17)21(31)28-13-20-18-6-1-2-7-19(18)22(32)30(29-20)14-16-5-3-4-12-27-16/h1-12H,13-14H2,(H,28,31). The third-order valence-corrected chi connectivity index (χ3v) is 4.75. The van der Waals surface area contributed by atoms with Gasteiger partial charge in [0.05, 0.1) is 29.9 Å². The van der Waals surface area contributed by atoms with Crippen molar-refractivity contribution >= 4 is 16.7 Å². The lowest BCUT2D eigenvalue weighted by atomic mass is 10.1. The number of nitrogens with one attached hydrogen (secondary N) is 1. The Bertz CT molecular complexity index is 1340. The first-order chi connectivity index (χ1) is 15.8. The van der Waals surface area contributed by atoms with Crippen molar-refractivity contribution in [2.75, 3.05) is 0 Å². The predicted molar refractivity (Wildman–Crippen MR) is 114 cm³/mol. The number of hydrogen-bond acceptors (Lipinski definition) is 5. The van der Waals surface area contributed by atoms with Gasteiger partial charge >= 0.3 is 6.36 Å². The van der Waals surface area contributed by atoms with E-state index in [1.807, 2.05) is 0 Å². The Morgan fingerprint density at radius 3 is 2.33 bits per heavy atom. The topological polar surface area (TPSA) is 86.1 Å². The van der Waals surface area contributed by atoms with E-state index in [0.717, 1.165) is 12.1 Å². The Hall–Kier alpha value is -4.21. The van der Waals surface area contributed by atoms with Gasteiger partial charge in [0.2, 0.25) is 0 Å². The summed E-state index contributed by atoms with van der Waals surface area (Å²) in [6, 6.07) is 16.8. The highest BCUT2D eigenvalue weighted by molar-refractivity contribution is 5.94. The van der Waals surface area contributed by atoms with Crippen LogP contribution in [0.4, 0.5) is 13.2 Å². The molecule has 0 unspecified atom stereocenters. The van der Waals surface area contributed by atoms with Crippen LogP contribution in [0.15, 0.2) is 77.7 Å². The molecule has 4 rings (SSSR count). The van der Waals surface area contributed by atoms with E-state index in [1.54, 1.807) is 48.7 Å². The minimum absolute atomic E-state index is 0.00263. The second kappa shape index (κ2) is 9.11. The molecule has 2 aromatic carbocycles. The third kappa shape index (κ3) is 5.35. The number of pyridine rings is 1. The van der Waals surface area contributed by atoms with Crippen LogP contribution < -0.4 is 15.6 Å². The number of aromatic nitrogens is 3. The Balaban J connectivity index is 1.56. The van der Waals surface area contributed by atoms with E-state index < -0.39 is 18.0 Å². The molecule has 2 heterocycles. The molecule has 0 radical (unpaired) electrons. The smallest absolute Gasteiger partial charge is 0.406 e. The van der Waals surface area contributed by atoms with Crippen LogP contribution in [0.5, 0.6) is 5.75 Å². The van der Waals surface area contributed by atoms with Gasteiger partial charge in [0, 0.05) is 17.1 Å². The molecule has 33 heavy (non-hydrogen) atoms. The maximum absolute atomic E-state index is 12.9. The number of benzene rings is 2. The SMILES string of the molecule is O=C(NCc1nn(Cc2ccccn2)c(=O)c2ccccc12)c1ccc(OC(F)(F)F)cc1. The van der Waals surface area contributed by atoms with E-state index >= 15 is 0 Å². The molecule has 7 nitrogen and oxygen atoms in total. The largest absolute Gasteiger partial charge is 0.573 e. The average Bonchev–Trinajstić information content (AvgIpc) is 2.80. The first-order valence-corrected chi connectivity index (χ1v) is 9.83. The van der Waals surface area contributed by atoms with Gasteiger partial charge in [-0.1, -0.05) is 24.3 Å². The van der Waals surface area contributed by atoms with Crippen molar-refractivity contribution in [1.29, 1.82) is 0 Å². The molecule has 10 heteroatoms. The van der Waals surface area contributed by atoms with Crippen LogP contribution in [-0.2, 0) is 13.1 Å². The van der Waals surface area contributed by atoms with Crippen LogP contribution >= 0.6 is 0 Å². The van der Waals surface area contributed by atoms with Gasteiger partial charge in [0.25, 0.3) is 11.5 Å². The number of fused-ring (bicyclic) bond motifs is 1. The summed E-state index contributed by atoms with van der Waals surface area (Å²) in [5.74, 6) is -0.935. The second-order valence-electron chi connectivity index (χ2n) is 7.03. The molecule has 0 saturated carbocycles. The number of alkyl halides is 3. The summed E-state index contributed by atoms with van der Waals surface area (Å²) >= 11 is 0. The van der Waals surface area contributed by atoms with Gasteiger partial charge in [-0.2, -0.15) is 5.10 Å². The number of amides is 1. The Kier molecular flexibility index (Phi) is 6.07. The molecule has 0 aliphatic rings. The van der Waals surface area contributed by atoms with Crippen molar-refractivity contribution in [3.05, 3.63) is 100 Å². The first kappa shape index (κ1) is 22.0. The summed E-state index contributed by atoms with van der Waals surface area (Å²) in [6.45, 7) is 0.161. The fraction of sp³-hybridized carbons (Fsp3) is 0.130. The van der Waals surface area contributed by atoms with Gasteiger partial charge < -0.3 is 10.1 Å². The highest BCUT2D eigenvalue weighted by Crippen LogP contribution is 2.22. The molecule has 2 aromatic heterocycles. The van der Waals surface area contributed by atoms with E-state index in [2.05, 4.69) is 20.1 Å². The zero-order chi connectivity index (χ0) is 23.4. The normalized spacial score (nSPS) is 11.4. The highest BCUT2D eigenvalue weighted by Gasteiger charge is 2.31. The monoisotopic (exact) mass is 454 g/mol. The molecule has 0 aliphatic heterocycles. The lowest BCUT2D eigenvalue weighted by Gasteiger charge is -2.12. The van der Waals surface area contributed by atoms with E-state index in [0.29, 0.717) is 22.2 Å². The fourth-order valence-corrected chi connectivity index (χ4v) is 3.26. The number of hydrogen-bond donors (Lipinski definition) is 1. The summed E-state index contributed by atoms with van der Waals surface area (Å²) in [7, 11) is 0.